The molecule has 1 unspecified atom stereocenters. The fraction of sp³-hybridized carbons (Fsp3) is 0.235. The number of para-hydroxylation sites is 1. The molecular formula is C17H13F3N4O. The summed E-state index contributed by atoms with van der Waals surface area (Å²) < 4.78 is 45.1. The van der Waals surface area contributed by atoms with Crippen LogP contribution in [0.2, 0.25) is 0 Å². The fourth-order valence-corrected chi connectivity index (χ4v) is 2.95. The summed E-state index contributed by atoms with van der Waals surface area (Å²) in [4.78, 5) is 14.6. The molecule has 4 rings (SSSR count). The standard InChI is InChI=1S/C17H13F3N4O/c18-17(19,20)12-8-22-16-14(12)15(23-9-24-16)21-7-10-5-6-25-13-4-2-1-3-11(10)13/h1-4,7-10H,5-6H2,(H,22,23,24). The predicted molar refractivity (Wildman–Crippen MR) is 86.3 cm³/mol. The topological polar surface area (TPSA) is 63.2 Å². The maximum atomic E-state index is 13.2. The molecule has 1 aliphatic heterocycles. The van der Waals surface area contributed by atoms with E-state index in [0.29, 0.717) is 13.0 Å². The number of nitrogens with one attached hydrogen (secondary N) is 1. The first-order valence-electron chi connectivity index (χ1n) is 7.69. The molecule has 2 aromatic heterocycles. The van der Waals surface area contributed by atoms with Crippen LogP contribution in [-0.2, 0) is 6.18 Å². The van der Waals surface area contributed by atoms with Crippen molar-refractivity contribution in [2.75, 3.05) is 6.61 Å². The number of aliphatic imine (C=N–C) groups is 1. The minimum absolute atomic E-state index is 0.00236. The van der Waals surface area contributed by atoms with Crippen molar-refractivity contribution in [1.82, 2.24) is 15.0 Å². The number of hydrogen-bond acceptors (Lipinski definition) is 4. The molecule has 0 radical (unpaired) electrons. The average molecular weight is 346 g/mol. The van der Waals surface area contributed by atoms with E-state index < -0.39 is 11.7 Å². The maximum absolute atomic E-state index is 13.2. The Kier molecular flexibility index (Phi) is 3.67. The SMILES string of the molecule is FC(F)(F)c1c[nH]c2ncnc(N=CC3CCOc4ccccc43)c12. The molecular weight excluding hydrogens is 333 g/mol. The molecule has 5 nitrogen and oxygen atoms in total. The minimum atomic E-state index is -4.50. The Morgan fingerprint density at radius 3 is 2.92 bits per heavy atom. The lowest BCUT2D eigenvalue weighted by atomic mass is 9.94. The van der Waals surface area contributed by atoms with E-state index in [9.17, 15) is 13.2 Å². The predicted octanol–water partition coefficient (Wildman–Crippen LogP) is 4.25. The van der Waals surface area contributed by atoms with Gasteiger partial charge in [0.1, 0.15) is 17.7 Å². The van der Waals surface area contributed by atoms with E-state index in [2.05, 4.69) is 19.9 Å². The number of ether oxygens (including phenoxy) is 1. The second kappa shape index (κ2) is 5.87. The van der Waals surface area contributed by atoms with Gasteiger partial charge in [-0.05, 0) is 12.5 Å². The molecule has 128 valence electrons. The third-order valence-corrected chi connectivity index (χ3v) is 4.14. The quantitative estimate of drug-likeness (QED) is 0.706. The lowest BCUT2D eigenvalue weighted by Crippen LogP contribution is -2.14. The monoisotopic (exact) mass is 346 g/mol. The highest BCUT2D eigenvalue weighted by atomic mass is 19.4. The number of rotatable bonds is 2. The highest BCUT2D eigenvalue weighted by molar-refractivity contribution is 5.91. The van der Waals surface area contributed by atoms with Gasteiger partial charge in [-0.25, -0.2) is 15.0 Å². The first-order chi connectivity index (χ1) is 12.0. The average Bonchev–Trinajstić information content (AvgIpc) is 3.05. The molecule has 1 atom stereocenters. The van der Waals surface area contributed by atoms with Crippen molar-refractivity contribution in [2.45, 2.75) is 18.5 Å². The summed E-state index contributed by atoms with van der Waals surface area (Å²) in [5, 5.41) is -0.119. The van der Waals surface area contributed by atoms with Gasteiger partial charge in [0.15, 0.2) is 5.82 Å². The van der Waals surface area contributed by atoms with Crippen LogP contribution >= 0.6 is 0 Å². The molecule has 1 N–H and O–H groups in total. The van der Waals surface area contributed by atoms with E-state index in [-0.39, 0.29) is 22.8 Å². The van der Waals surface area contributed by atoms with Gasteiger partial charge in [-0.3, -0.25) is 0 Å². The fourth-order valence-electron chi connectivity index (χ4n) is 2.95. The zero-order valence-electron chi connectivity index (χ0n) is 12.9. The Morgan fingerprint density at radius 2 is 2.08 bits per heavy atom. The second-order valence-electron chi connectivity index (χ2n) is 5.68. The molecule has 3 aromatic rings. The molecule has 1 aromatic carbocycles. The molecule has 8 heteroatoms. The van der Waals surface area contributed by atoms with Gasteiger partial charge in [0.25, 0.3) is 0 Å². The van der Waals surface area contributed by atoms with Crippen LogP contribution in [0.3, 0.4) is 0 Å². The Hall–Kier alpha value is -2.90. The Labute approximate surface area is 140 Å². The van der Waals surface area contributed by atoms with Gasteiger partial charge < -0.3 is 9.72 Å². The van der Waals surface area contributed by atoms with Gasteiger partial charge >= 0.3 is 6.18 Å². The summed E-state index contributed by atoms with van der Waals surface area (Å²) in [5.74, 6) is 0.737. The van der Waals surface area contributed by atoms with Crippen molar-refractivity contribution in [3.8, 4) is 5.75 Å². The van der Waals surface area contributed by atoms with Gasteiger partial charge in [-0.1, -0.05) is 18.2 Å². The van der Waals surface area contributed by atoms with Gasteiger partial charge in [-0.15, -0.1) is 0 Å². The summed E-state index contributed by atoms with van der Waals surface area (Å²) in [7, 11) is 0. The number of nitrogens with zero attached hydrogens (tertiary/aromatic N) is 3. The van der Waals surface area contributed by atoms with Crippen LogP contribution in [0, 0.1) is 0 Å². The molecule has 1 aliphatic rings. The van der Waals surface area contributed by atoms with Crippen molar-refractivity contribution in [1.29, 1.82) is 0 Å². The van der Waals surface area contributed by atoms with Crippen LogP contribution in [-0.4, -0.2) is 27.8 Å². The summed E-state index contributed by atoms with van der Waals surface area (Å²) in [5.41, 5.74) is 0.261. The number of H-pyrrole nitrogens is 1. The van der Waals surface area contributed by atoms with Crippen molar-refractivity contribution < 1.29 is 17.9 Å². The van der Waals surface area contributed by atoms with Gasteiger partial charge in [0, 0.05) is 23.9 Å². The molecule has 0 fully saturated rings. The number of aromatic nitrogens is 3. The summed E-state index contributed by atoms with van der Waals surface area (Å²) in [6.45, 7) is 0.533. The molecule has 0 bridgehead atoms. The van der Waals surface area contributed by atoms with E-state index in [0.717, 1.165) is 17.5 Å². The Morgan fingerprint density at radius 1 is 1.24 bits per heavy atom. The Bertz CT molecular complexity index is 948. The molecule has 25 heavy (non-hydrogen) atoms. The van der Waals surface area contributed by atoms with Gasteiger partial charge in [0.05, 0.1) is 17.6 Å². The number of fused-ring (bicyclic) bond motifs is 2. The molecule has 0 saturated heterocycles. The van der Waals surface area contributed by atoms with E-state index in [1.165, 1.54) is 6.33 Å². The van der Waals surface area contributed by atoms with Gasteiger partial charge in [-0.2, -0.15) is 13.2 Å². The maximum Gasteiger partial charge on any atom is 0.418 e. The third-order valence-electron chi connectivity index (χ3n) is 4.14. The smallest absolute Gasteiger partial charge is 0.418 e. The second-order valence-corrected chi connectivity index (χ2v) is 5.68. The lowest BCUT2D eigenvalue weighted by molar-refractivity contribution is -0.136. The number of benzene rings is 1. The molecule has 3 heterocycles. The van der Waals surface area contributed by atoms with E-state index in [1.807, 2.05) is 24.3 Å². The van der Waals surface area contributed by atoms with Crippen molar-refractivity contribution in [2.24, 2.45) is 4.99 Å². The third kappa shape index (κ3) is 2.84. The first kappa shape index (κ1) is 15.6. The zero-order valence-corrected chi connectivity index (χ0v) is 12.9. The van der Waals surface area contributed by atoms with Crippen molar-refractivity contribution in [3.63, 3.8) is 0 Å². The van der Waals surface area contributed by atoms with Crippen molar-refractivity contribution in [3.05, 3.63) is 47.9 Å². The highest BCUT2D eigenvalue weighted by Crippen LogP contribution is 2.38. The van der Waals surface area contributed by atoms with Crippen LogP contribution < -0.4 is 4.74 Å². The van der Waals surface area contributed by atoms with Crippen LogP contribution in [0.15, 0.2) is 41.8 Å². The number of hydrogen-bond donors (Lipinski definition) is 1. The molecule has 0 spiro atoms. The van der Waals surface area contributed by atoms with Crippen LogP contribution in [0.4, 0.5) is 19.0 Å². The lowest BCUT2D eigenvalue weighted by Gasteiger charge is -2.22. The Balaban J connectivity index is 1.75. The number of halogens is 3. The van der Waals surface area contributed by atoms with E-state index in [4.69, 9.17) is 4.74 Å². The molecule has 0 saturated carbocycles. The summed E-state index contributed by atoms with van der Waals surface area (Å²) in [6.07, 6.45) is -0.0749. The minimum Gasteiger partial charge on any atom is -0.493 e. The number of aromatic amines is 1. The number of alkyl halides is 3. The van der Waals surface area contributed by atoms with E-state index in [1.54, 1.807) is 6.21 Å². The first-order valence-corrected chi connectivity index (χ1v) is 7.69. The van der Waals surface area contributed by atoms with Crippen molar-refractivity contribution >= 4 is 23.1 Å². The van der Waals surface area contributed by atoms with Crippen LogP contribution in [0.5, 0.6) is 5.75 Å². The largest absolute Gasteiger partial charge is 0.493 e. The summed E-state index contributed by atoms with van der Waals surface area (Å²) >= 11 is 0. The van der Waals surface area contributed by atoms with Crippen LogP contribution in [0.1, 0.15) is 23.5 Å². The molecule has 0 amide bonds. The van der Waals surface area contributed by atoms with Crippen LogP contribution in [0.25, 0.3) is 11.0 Å². The van der Waals surface area contributed by atoms with E-state index >= 15 is 0 Å². The molecule has 0 aliphatic carbocycles. The normalized spacial score (nSPS) is 17.6. The highest BCUT2D eigenvalue weighted by Gasteiger charge is 2.35. The summed E-state index contributed by atoms with van der Waals surface area (Å²) in [6, 6.07) is 7.57. The zero-order chi connectivity index (χ0) is 17.4. The van der Waals surface area contributed by atoms with Gasteiger partial charge in [0.2, 0.25) is 0 Å².